The average Bonchev–Trinajstić information content (AvgIpc) is 3.10. The van der Waals surface area contributed by atoms with Gasteiger partial charge < -0.3 is 10.2 Å². The zero-order valence-electron chi connectivity index (χ0n) is 12.9. The molecule has 1 saturated heterocycles. The highest BCUT2D eigenvalue weighted by atomic mass is 32.1. The van der Waals surface area contributed by atoms with Gasteiger partial charge in [0.25, 0.3) is 0 Å². The van der Waals surface area contributed by atoms with Crippen LogP contribution >= 0.6 is 11.3 Å². The minimum Gasteiger partial charge on any atom is -0.335 e. The summed E-state index contributed by atoms with van der Waals surface area (Å²) >= 11 is 1.51. The van der Waals surface area contributed by atoms with Gasteiger partial charge in [-0.2, -0.15) is 0 Å². The third-order valence-electron chi connectivity index (χ3n) is 4.85. The third kappa shape index (κ3) is 3.69. The first kappa shape index (κ1) is 15.5. The fourth-order valence-electron chi connectivity index (χ4n) is 3.48. The van der Waals surface area contributed by atoms with E-state index in [1.165, 1.54) is 30.6 Å². The number of rotatable bonds is 3. The lowest BCUT2D eigenvalue weighted by molar-refractivity contribution is 0.0857. The van der Waals surface area contributed by atoms with Crippen molar-refractivity contribution in [2.45, 2.75) is 51.0 Å². The van der Waals surface area contributed by atoms with Gasteiger partial charge in [-0.05, 0) is 37.1 Å². The summed E-state index contributed by atoms with van der Waals surface area (Å²) in [5.74, 6) is 0.333. The second-order valence-electron chi connectivity index (χ2n) is 6.39. The standard InChI is InChI=1S/C17H24N2O2S/c20-16(15-7-4-12-22-15)13-8-10-19(11-9-13)17(21)18-14-5-2-1-3-6-14/h4,7,12-14H,1-3,5-6,8-11H2,(H,18,21). The molecule has 0 radical (unpaired) electrons. The van der Waals surface area contributed by atoms with Crippen LogP contribution in [0, 0.1) is 5.92 Å². The SMILES string of the molecule is O=C(c1cccs1)C1CCN(C(=O)NC2CCCCC2)CC1. The third-order valence-corrected chi connectivity index (χ3v) is 5.73. The summed E-state index contributed by atoms with van der Waals surface area (Å²) in [6.07, 6.45) is 7.54. The van der Waals surface area contributed by atoms with Crippen molar-refractivity contribution in [2.75, 3.05) is 13.1 Å². The lowest BCUT2D eigenvalue weighted by atomic mass is 9.92. The number of nitrogens with zero attached hydrogens (tertiary/aromatic N) is 1. The smallest absolute Gasteiger partial charge is 0.317 e. The highest BCUT2D eigenvalue weighted by molar-refractivity contribution is 7.12. The summed E-state index contributed by atoms with van der Waals surface area (Å²) in [4.78, 5) is 27.4. The van der Waals surface area contributed by atoms with Crippen molar-refractivity contribution in [3.8, 4) is 0 Å². The predicted octanol–water partition coefficient (Wildman–Crippen LogP) is 3.69. The lowest BCUT2D eigenvalue weighted by Crippen LogP contribution is -2.48. The minimum absolute atomic E-state index is 0.0638. The van der Waals surface area contributed by atoms with Gasteiger partial charge in [-0.25, -0.2) is 4.79 Å². The normalized spacial score (nSPS) is 20.8. The number of ketones is 1. The van der Waals surface area contributed by atoms with Crippen LogP contribution in [0.1, 0.15) is 54.6 Å². The Kier molecular flexibility index (Phi) is 5.13. The van der Waals surface area contributed by atoms with Crippen LogP contribution in [0.15, 0.2) is 17.5 Å². The van der Waals surface area contributed by atoms with E-state index in [-0.39, 0.29) is 17.7 Å². The zero-order chi connectivity index (χ0) is 15.4. The number of urea groups is 1. The number of carbonyl (C=O) groups excluding carboxylic acids is 2. The fraction of sp³-hybridized carbons (Fsp3) is 0.647. The van der Waals surface area contributed by atoms with Crippen molar-refractivity contribution in [1.29, 1.82) is 0 Å². The molecule has 120 valence electrons. The monoisotopic (exact) mass is 320 g/mol. The molecule has 3 rings (SSSR count). The molecule has 1 aliphatic carbocycles. The topological polar surface area (TPSA) is 49.4 Å². The molecule has 2 fully saturated rings. The van der Waals surface area contributed by atoms with Crippen molar-refractivity contribution < 1.29 is 9.59 Å². The largest absolute Gasteiger partial charge is 0.335 e. The van der Waals surface area contributed by atoms with Crippen LogP contribution in [-0.2, 0) is 0 Å². The Hall–Kier alpha value is -1.36. The van der Waals surface area contributed by atoms with E-state index in [2.05, 4.69) is 5.32 Å². The van der Waals surface area contributed by atoms with Crippen LogP contribution in [0.25, 0.3) is 0 Å². The number of amides is 2. The molecule has 0 atom stereocenters. The lowest BCUT2D eigenvalue weighted by Gasteiger charge is -2.33. The molecule has 0 unspecified atom stereocenters. The van der Waals surface area contributed by atoms with Crippen molar-refractivity contribution in [1.82, 2.24) is 10.2 Å². The van der Waals surface area contributed by atoms with E-state index in [1.807, 2.05) is 22.4 Å². The summed E-state index contributed by atoms with van der Waals surface area (Å²) in [7, 11) is 0. The molecule has 1 saturated carbocycles. The molecular formula is C17H24N2O2S. The highest BCUT2D eigenvalue weighted by Gasteiger charge is 2.29. The Morgan fingerprint density at radius 3 is 2.45 bits per heavy atom. The maximum atomic E-state index is 12.3. The van der Waals surface area contributed by atoms with Gasteiger partial charge >= 0.3 is 6.03 Å². The van der Waals surface area contributed by atoms with Crippen LogP contribution in [0.3, 0.4) is 0 Å². The first-order valence-electron chi connectivity index (χ1n) is 8.37. The Morgan fingerprint density at radius 1 is 1.09 bits per heavy atom. The Labute approximate surface area is 135 Å². The highest BCUT2D eigenvalue weighted by Crippen LogP contribution is 2.24. The van der Waals surface area contributed by atoms with E-state index in [1.54, 1.807) is 0 Å². The minimum atomic E-state index is 0.0638. The molecule has 2 aliphatic rings. The van der Waals surface area contributed by atoms with Gasteiger partial charge in [0.05, 0.1) is 4.88 Å². The molecule has 2 heterocycles. The molecular weight excluding hydrogens is 296 g/mol. The molecule has 22 heavy (non-hydrogen) atoms. The van der Waals surface area contributed by atoms with Crippen LogP contribution in [-0.4, -0.2) is 35.8 Å². The summed E-state index contributed by atoms with van der Waals surface area (Å²) in [6, 6.07) is 4.24. The van der Waals surface area contributed by atoms with Crippen molar-refractivity contribution >= 4 is 23.2 Å². The van der Waals surface area contributed by atoms with E-state index < -0.39 is 0 Å². The molecule has 0 spiro atoms. The number of Topliss-reactive ketones (excluding diaryl/α,β-unsaturated/α-hetero) is 1. The molecule has 2 amide bonds. The molecule has 0 aromatic carbocycles. The fourth-order valence-corrected chi connectivity index (χ4v) is 4.22. The molecule has 1 aromatic heterocycles. The van der Waals surface area contributed by atoms with Gasteiger partial charge in [-0.15, -0.1) is 11.3 Å². The van der Waals surface area contributed by atoms with Crippen molar-refractivity contribution in [3.05, 3.63) is 22.4 Å². The summed E-state index contributed by atoms with van der Waals surface area (Å²) in [6.45, 7) is 1.39. The number of hydrogen-bond acceptors (Lipinski definition) is 3. The van der Waals surface area contributed by atoms with E-state index in [9.17, 15) is 9.59 Å². The Bertz CT molecular complexity index is 501. The number of hydrogen-bond donors (Lipinski definition) is 1. The van der Waals surface area contributed by atoms with Gasteiger partial charge in [0.1, 0.15) is 0 Å². The maximum Gasteiger partial charge on any atom is 0.317 e. The van der Waals surface area contributed by atoms with E-state index in [4.69, 9.17) is 0 Å². The van der Waals surface area contributed by atoms with Crippen molar-refractivity contribution in [2.24, 2.45) is 5.92 Å². The van der Waals surface area contributed by atoms with Crippen LogP contribution in [0.2, 0.25) is 0 Å². The number of nitrogens with one attached hydrogen (secondary N) is 1. The number of piperidine rings is 1. The molecule has 5 heteroatoms. The quantitative estimate of drug-likeness (QED) is 0.864. The van der Waals surface area contributed by atoms with Gasteiger partial charge in [-0.3, -0.25) is 4.79 Å². The first-order valence-corrected chi connectivity index (χ1v) is 9.25. The van der Waals surface area contributed by atoms with Crippen LogP contribution in [0.5, 0.6) is 0 Å². The van der Waals surface area contributed by atoms with Crippen LogP contribution in [0.4, 0.5) is 4.79 Å². The van der Waals surface area contributed by atoms with Crippen LogP contribution < -0.4 is 5.32 Å². The van der Waals surface area contributed by atoms with Gasteiger partial charge in [-0.1, -0.05) is 25.3 Å². The van der Waals surface area contributed by atoms with E-state index in [0.717, 1.165) is 30.6 Å². The number of likely N-dealkylation sites (tertiary alicyclic amines) is 1. The summed E-state index contributed by atoms with van der Waals surface area (Å²) in [5, 5.41) is 5.11. The second-order valence-corrected chi connectivity index (χ2v) is 7.33. The Balaban J connectivity index is 1.46. The number of thiophene rings is 1. The summed E-state index contributed by atoms with van der Waals surface area (Å²) < 4.78 is 0. The van der Waals surface area contributed by atoms with Gasteiger partial charge in [0, 0.05) is 25.0 Å². The predicted molar refractivity (Wildman–Crippen MR) is 88.4 cm³/mol. The van der Waals surface area contributed by atoms with Crippen molar-refractivity contribution in [3.63, 3.8) is 0 Å². The Morgan fingerprint density at radius 2 is 1.82 bits per heavy atom. The average molecular weight is 320 g/mol. The van der Waals surface area contributed by atoms with Gasteiger partial charge in [0.15, 0.2) is 5.78 Å². The number of carbonyl (C=O) groups is 2. The molecule has 4 nitrogen and oxygen atoms in total. The zero-order valence-corrected chi connectivity index (χ0v) is 13.7. The maximum absolute atomic E-state index is 12.3. The molecule has 0 bridgehead atoms. The molecule has 1 aliphatic heterocycles. The second kappa shape index (κ2) is 7.27. The van der Waals surface area contributed by atoms with E-state index in [0.29, 0.717) is 19.1 Å². The van der Waals surface area contributed by atoms with Gasteiger partial charge in [0.2, 0.25) is 0 Å². The van der Waals surface area contributed by atoms with E-state index >= 15 is 0 Å². The summed E-state index contributed by atoms with van der Waals surface area (Å²) in [5.41, 5.74) is 0. The molecule has 1 aromatic rings. The first-order chi connectivity index (χ1) is 10.7. The molecule has 1 N–H and O–H groups in total.